The minimum atomic E-state index is -0.722. The molecule has 0 fully saturated rings. The first-order chi connectivity index (χ1) is 13.9. The van der Waals surface area contributed by atoms with Crippen LogP contribution in [-0.4, -0.2) is 20.4 Å². The summed E-state index contributed by atoms with van der Waals surface area (Å²) in [4.78, 5) is 12.8. The van der Waals surface area contributed by atoms with Gasteiger partial charge in [0.15, 0.2) is 5.76 Å². The fourth-order valence-electron chi connectivity index (χ4n) is 2.99. The van der Waals surface area contributed by atoms with Gasteiger partial charge in [-0.2, -0.15) is 0 Å². The first-order valence-corrected chi connectivity index (χ1v) is 8.65. The van der Waals surface area contributed by atoms with E-state index >= 15 is 0 Å². The summed E-state index contributed by atoms with van der Waals surface area (Å²) in [6.45, 7) is 0.0207. The van der Waals surface area contributed by atoms with Crippen molar-refractivity contribution >= 4 is 11.0 Å². The number of fused-ring (bicyclic) bond motifs is 1. The van der Waals surface area contributed by atoms with Crippen molar-refractivity contribution in [2.75, 3.05) is 0 Å². The predicted molar refractivity (Wildman–Crippen MR) is 105 cm³/mol. The van der Waals surface area contributed by atoms with Crippen LogP contribution in [0.1, 0.15) is 5.56 Å². The van der Waals surface area contributed by atoms with E-state index in [2.05, 4.69) is 0 Å². The van der Waals surface area contributed by atoms with Gasteiger partial charge in [0.05, 0.1) is 0 Å². The SMILES string of the molecule is O=c1c(O)c(-c2ccc(O)cc2)oc2cc(O)cc(OCc3cccc(O)c3)c12. The summed E-state index contributed by atoms with van der Waals surface area (Å²) in [6, 6.07) is 14.7. The number of ether oxygens (including phenoxy) is 1. The van der Waals surface area contributed by atoms with Crippen LogP contribution >= 0.6 is 0 Å². The Kier molecular flexibility index (Phi) is 4.48. The number of benzene rings is 3. The highest BCUT2D eigenvalue weighted by Gasteiger charge is 2.19. The normalized spacial score (nSPS) is 10.9. The van der Waals surface area contributed by atoms with Crippen LogP contribution < -0.4 is 10.2 Å². The van der Waals surface area contributed by atoms with Crippen LogP contribution in [0.15, 0.2) is 69.9 Å². The summed E-state index contributed by atoms with van der Waals surface area (Å²) in [5.41, 5.74) is 0.336. The van der Waals surface area contributed by atoms with Crippen molar-refractivity contribution in [2.24, 2.45) is 0 Å². The van der Waals surface area contributed by atoms with Crippen LogP contribution in [0.25, 0.3) is 22.3 Å². The van der Waals surface area contributed by atoms with Gasteiger partial charge in [0.2, 0.25) is 11.2 Å². The molecule has 0 radical (unpaired) electrons. The van der Waals surface area contributed by atoms with Gasteiger partial charge >= 0.3 is 0 Å². The Morgan fingerprint density at radius 3 is 2.31 bits per heavy atom. The zero-order valence-electron chi connectivity index (χ0n) is 15.0. The van der Waals surface area contributed by atoms with Gasteiger partial charge in [-0.3, -0.25) is 4.79 Å². The first-order valence-electron chi connectivity index (χ1n) is 8.65. The van der Waals surface area contributed by atoms with Crippen molar-refractivity contribution in [1.29, 1.82) is 0 Å². The highest BCUT2D eigenvalue weighted by Crippen LogP contribution is 2.36. The number of phenolic OH excluding ortho intramolecular Hbond substituents is 3. The van der Waals surface area contributed by atoms with Gasteiger partial charge in [0.1, 0.15) is 40.6 Å². The molecular weight excluding hydrogens is 376 g/mol. The second-order valence-electron chi connectivity index (χ2n) is 6.43. The summed E-state index contributed by atoms with van der Waals surface area (Å²) < 4.78 is 11.3. The van der Waals surface area contributed by atoms with E-state index in [1.54, 1.807) is 12.1 Å². The molecule has 0 aliphatic heterocycles. The quantitative estimate of drug-likeness (QED) is 0.416. The van der Waals surface area contributed by atoms with Crippen LogP contribution in [0.4, 0.5) is 0 Å². The third-order valence-electron chi connectivity index (χ3n) is 4.35. The molecule has 4 aromatic rings. The maximum Gasteiger partial charge on any atom is 0.238 e. The molecule has 0 aliphatic carbocycles. The topological polar surface area (TPSA) is 120 Å². The van der Waals surface area contributed by atoms with Crippen molar-refractivity contribution in [3.05, 3.63) is 76.5 Å². The van der Waals surface area contributed by atoms with Crippen LogP contribution in [-0.2, 0) is 6.61 Å². The van der Waals surface area contributed by atoms with Gasteiger partial charge in [0, 0.05) is 17.7 Å². The molecule has 1 heterocycles. The molecule has 0 saturated carbocycles. The molecule has 4 rings (SSSR count). The molecule has 29 heavy (non-hydrogen) atoms. The smallest absolute Gasteiger partial charge is 0.238 e. The lowest BCUT2D eigenvalue weighted by molar-refractivity contribution is 0.306. The molecule has 4 N–H and O–H groups in total. The molecule has 0 unspecified atom stereocenters. The second-order valence-corrected chi connectivity index (χ2v) is 6.43. The molecule has 0 saturated heterocycles. The lowest BCUT2D eigenvalue weighted by Gasteiger charge is -2.12. The summed E-state index contributed by atoms with van der Waals surface area (Å²) in [6.07, 6.45) is 0. The zero-order valence-corrected chi connectivity index (χ0v) is 15.0. The Morgan fingerprint density at radius 1 is 0.828 bits per heavy atom. The second kappa shape index (κ2) is 7.12. The minimum Gasteiger partial charge on any atom is -0.508 e. The lowest BCUT2D eigenvalue weighted by Crippen LogP contribution is -2.06. The van der Waals surface area contributed by atoms with Crippen molar-refractivity contribution in [1.82, 2.24) is 0 Å². The summed E-state index contributed by atoms with van der Waals surface area (Å²) in [5.74, 6) is -0.763. The van der Waals surface area contributed by atoms with Gasteiger partial charge in [-0.15, -0.1) is 0 Å². The number of aromatic hydroxyl groups is 4. The van der Waals surface area contributed by atoms with Crippen molar-refractivity contribution in [3.63, 3.8) is 0 Å². The first kappa shape index (κ1) is 18.2. The highest BCUT2D eigenvalue weighted by atomic mass is 16.5. The van der Waals surface area contributed by atoms with E-state index in [1.807, 2.05) is 0 Å². The van der Waals surface area contributed by atoms with Crippen LogP contribution in [0.3, 0.4) is 0 Å². The van der Waals surface area contributed by atoms with Gasteiger partial charge in [0.25, 0.3) is 0 Å². The van der Waals surface area contributed by atoms with Crippen molar-refractivity contribution in [3.8, 4) is 40.1 Å². The Bertz CT molecular complexity index is 1260. The van der Waals surface area contributed by atoms with Gasteiger partial charge in [-0.1, -0.05) is 12.1 Å². The molecule has 146 valence electrons. The summed E-state index contributed by atoms with van der Waals surface area (Å²) in [5, 5.41) is 39.4. The van der Waals surface area contributed by atoms with E-state index < -0.39 is 11.2 Å². The van der Waals surface area contributed by atoms with Gasteiger partial charge in [-0.05, 0) is 42.0 Å². The standard InChI is InChI=1S/C22H16O7/c23-14-6-4-13(5-7-14)22-21(27)20(26)19-17(9-16(25)10-18(19)29-22)28-11-12-2-1-3-15(24)8-12/h1-10,23-25,27H,11H2. The largest absolute Gasteiger partial charge is 0.508 e. The lowest BCUT2D eigenvalue weighted by atomic mass is 10.1. The molecule has 1 aromatic heterocycles. The predicted octanol–water partition coefficient (Wildman–Crippen LogP) is 3.86. The Labute approximate surface area is 164 Å². The number of hydrogen-bond acceptors (Lipinski definition) is 7. The van der Waals surface area contributed by atoms with Crippen LogP contribution in [0.2, 0.25) is 0 Å². The fraction of sp³-hybridized carbons (Fsp3) is 0.0455. The molecule has 7 nitrogen and oxygen atoms in total. The summed E-state index contributed by atoms with van der Waals surface area (Å²) >= 11 is 0. The minimum absolute atomic E-state index is 0.0207. The third-order valence-corrected chi connectivity index (χ3v) is 4.35. The van der Waals surface area contributed by atoms with E-state index in [0.717, 1.165) is 0 Å². The molecule has 0 bridgehead atoms. The Balaban J connectivity index is 1.81. The number of hydrogen-bond donors (Lipinski definition) is 4. The average molecular weight is 392 g/mol. The molecule has 0 atom stereocenters. The maximum absolute atomic E-state index is 12.8. The van der Waals surface area contributed by atoms with Crippen molar-refractivity contribution in [2.45, 2.75) is 6.61 Å². The van der Waals surface area contributed by atoms with E-state index in [0.29, 0.717) is 11.1 Å². The zero-order chi connectivity index (χ0) is 20.5. The average Bonchev–Trinajstić information content (AvgIpc) is 2.69. The third kappa shape index (κ3) is 3.53. The van der Waals surface area contributed by atoms with E-state index in [1.165, 1.54) is 48.5 Å². The number of phenols is 3. The molecule has 0 spiro atoms. The van der Waals surface area contributed by atoms with Crippen molar-refractivity contribution < 1.29 is 29.6 Å². The molecule has 3 aromatic carbocycles. The van der Waals surface area contributed by atoms with E-state index in [9.17, 15) is 25.2 Å². The Morgan fingerprint density at radius 2 is 1.59 bits per heavy atom. The Hall–Kier alpha value is -4.13. The van der Waals surface area contributed by atoms with E-state index in [-0.39, 0.29) is 46.3 Å². The van der Waals surface area contributed by atoms with Crippen LogP contribution in [0, 0.1) is 0 Å². The molecule has 0 amide bonds. The number of rotatable bonds is 4. The van der Waals surface area contributed by atoms with E-state index in [4.69, 9.17) is 9.15 Å². The molecule has 0 aliphatic rings. The van der Waals surface area contributed by atoms with Crippen LogP contribution in [0.5, 0.6) is 28.7 Å². The van der Waals surface area contributed by atoms with Gasteiger partial charge < -0.3 is 29.6 Å². The summed E-state index contributed by atoms with van der Waals surface area (Å²) in [7, 11) is 0. The fourth-order valence-corrected chi connectivity index (χ4v) is 2.99. The highest BCUT2D eigenvalue weighted by molar-refractivity contribution is 5.88. The maximum atomic E-state index is 12.8. The molecule has 7 heteroatoms. The van der Waals surface area contributed by atoms with Gasteiger partial charge in [-0.25, -0.2) is 0 Å². The molecular formula is C22H16O7. The monoisotopic (exact) mass is 392 g/mol.